The van der Waals surface area contributed by atoms with Crippen molar-refractivity contribution in [3.8, 4) is 0 Å². The second-order valence-corrected chi connectivity index (χ2v) is 6.68. The Balaban J connectivity index is 2.22. The summed E-state index contributed by atoms with van der Waals surface area (Å²) in [6, 6.07) is 0. The first kappa shape index (κ1) is 15.4. The third kappa shape index (κ3) is 5.83. The van der Waals surface area contributed by atoms with Crippen LogP contribution in [0.5, 0.6) is 0 Å². The molecule has 1 amide bonds. The van der Waals surface area contributed by atoms with Gasteiger partial charge in [0, 0.05) is 18.0 Å². The van der Waals surface area contributed by atoms with Crippen LogP contribution in [0.2, 0.25) is 0 Å². The van der Waals surface area contributed by atoms with Gasteiger partial charge >= 0.3 is 0 Å². The Hall–Kier alpha value is -0.610. The molecule has 0 aliphatic carbocycles. The van der Waals surface area contributed by atoms with Crippen LogP contribution in [0.4, 0.5) is 0 Å². The number of piperidine rings is 1. The number of rotatable bonds is 5. The first-order valence-corrected chi connectivity index (χ1v) is 7.04. The van der Waals surface area contributed by atoms with E-state index in [2.05, 4.69) is 31.0 Å². The van der Waals surface area contributed by atoms with Crippen LogP contribution >= 0.6 is 0 Å². The van der Waals surface area contributed by atoms with Crippen LogP contribution in [0.25, 0.3) is 0 Å². The van der Waals surface area contributed by atoms with Crippen LogP contribution in [0.3, 0.4) is 0 Å². The van der Waals surface area contributed by atoms with Crippen LogP contribution in [0, 0.1) is 11.8 Å². The van der Waals surface area contributed by atoms with Gasteiger partial charge in [0.05, 0.1) is 0 Å². The van der Waals surface area contributed by atoms with E-state index in [0.29, 0.717) is 0 Å². The van der Waals surface area contributed by atoms with Crippen LogP contribution in [0.1, 0.15) is 40.5 Å². The monoisotopic (exact) mass is 255 g/mol. The standard InChI is InChI=1S/C14H29N3O/c1-11(13(15)18)10-17-7-5-12(6-8-17)9-16-14(2,3)4/h11-12,16H,5-10H2,1-4H3,(H2,15,18). The summed E-state index contributed by atoms with van der Waals surface area (Å²) < 4.78 is 0. The minimum Gasteiger partial charge on any atom is -0.369 e. The fourth-order valence-corrected chi connectivity index (χ4v) is 2.30. The van der Waals surface area contributed by atoms with Gasteiger partial charge in [0.25, 0.3) is 0 Å². The van der Waals surface area contributed by atoms with E-state index in [-0.39, 0.29) is 17.4 Å². The van der Waals surface area contributed by atoms with Gasteiger partial charge in [-0.15, -0.1) is 0 Å². The average molecular weight is 255 g/mol. The molecule has 0 aromatic rings. The molecule has 3 N–H and O–H groups in total. The Labute approximate surface area is 111 Å². The van der Waals surface area contributed by atoms with Crippen molar-refractivity contribution in [1.29, 1.82) is 0 Å². The van der Waals surface area contributed by atoms with Gasteiger partial charge in [-0.3, -0.25) is 4.79 Å². The van der Waals surface area contributed by atoms with Crippen molar-refractivity contribution in [3.63, 3.8) is 0 Å². The van der Waals surface area contributed by atoms with Crippen molar-refractivity contribution in [2.75, 3.05) is 26.2 Å². The number of hydrogen-bond donors (Lipinski definition) is 2. The zero-order valence-electron chi connectivity index (χ0n) is 12.3. The molecule has 18 heavy (non-hydrogen) atoms. The molecule has 1 aliphatic rings. The van der Waals surface area contributed by atoms with Crippen LogP contribution in [-0.2, 0) is 4.79 Å². The van der Waals surface area contributed by atoms with Gasteiger partial charge in [0.15, 0.2) is 0 Å². The molecular formula is C14H29N3O. The average Bonchev–Trinajstić information content (AvgIpc) is 2.27. The molecule has 0 bridgehead atoms. The molecular weight excluding hydrogens is 226 g/mol. The summed E-state index contributed by atoms with van der Waals surface area (Å²) in [5.74, 6) is 0.546. The van der Waals surface area contributed by atoms with E-state index in [1.54, 1.807) is 0 Å². The van der Waals surface area contributed by atoms with Crippen molar-refractivity contribution >= 4 is 5.91 Å². The first-order valence-electron chi connectivity index (χ1n) is 7.04. The molecule has 1 rings (SSSR count). The van der Waals surface area contributed by atoms with Gasteiger partial charge in [-0.2, -0.15) is 0 Å². The van der Waals surface area contributed by atoms with Crippen LogP contribution < -0.4 is 11.1 Å². The van der Waals surface area contributed by atoms with Crippen molar-refractivity contribution < 1.29 is 4.79 Å². The molecule has 0 spiro atoms. The Bertz CT molecular complexity index is 265. The minimum atomic E-state index is -0.188. The Morgan fingerprint density at radius 3 is 2.39 bits per heavy atom. The van der Waals surface area contributed by atoms with E-state index in [0.717, 1.165) is 32.1 Å². The molecule has 106 valence electrons. The number of likely N-dealkylation sites (tertiary alicyclic amines) is 1. The lowest BCUT2D eigenvalue weighted by Crippen LogP contribution is -2.44. The highest BCUT2D eigenvalue weighted by molar-refractivity contribution is 5.76. The highest BCUT2D eigenvalue weighted by atomic mass is 16.1. The molecule has 0 aromatic carbocycles. The maximum atomic E-state index is 11.0. The van der Waals surface area contributed by atoms with Crippen molar-refractivity contribution in [3.05, 3.63) is 0 Å². The van der Waals surface area contributed by atoms with Gasteiger partial charge in [0.2, 0.25) is 5.91 Å². The summed E-state index contributed by atoms with van der Waals surface area (Å²) >= 11 is 0. The number of nitrogens with zero attached hydrogens (tertiary/aromatic N) is 1. The van der Waals surface area contributed by atoms with E-state index in [4.69, 9.17) is 5.73 Å². The number of hydrogen-bond acceptors (Lipinski definition) is 3. The van der Waals surface area contributed by atoms with Gasteiger partial charge < -0.3 is 16.0 Å². The molecule has 4 nitrogen and oxygen atoms in total. The molecule has 1 saturated heterocycles. The number of amides is 1. The molecule has 0 aromatic heterocycles. The van der Waals surface area contributed by atoms with Gasteiger partial charge in [-0.25, -0.2) is 0 Å². The number of primary amides is 1. The highest BCUT2D eigenvalue weighted by Gasteiger charge is 2.22. The topological polar surface area (TPSA) is 58.4 Å². The lowest BCUT2D eigenvalue weighted by Gasteiger charge is -2.34. The van der Waals surface area contributed by atoms with Crippen molar-refractivity contribution in [1.82, 2.24) is 10.2 Å². The molecule has 1 aliphatic heterocycles. The van der Waals surface area contributed by atoms with E-state index >= 15 is 0 Å². The zero-order valence-corrected chi connectivity index (χ0v) is 12.3. The molecule has 1 unspecified atom stereocenters. The third-order valence-corrected chi connectivity index (χ3v) is 3.65. The number of nitrogens with two attached hydrogens (primary N) is 1. The number of nitrogens with one attached hydrogen (secondary N) is 1. The van der Waals surface area contributed by atoms with E-state index in [1.807, 2.05) is 6.92 Å². The maximum Gasteiger partial charge on any atom is 0.221 e. The molecule has 1 atom stereocenters. The normalized spacial score (nSPS) is 20.9. The number of carbonyl (C=O) groups excluding carboxylic acids is 1. The van der Waals surface area contributed by atoms with E-state index in [9.17, 15) is 4.79 Å². The third-order valence-electron chi connectivity index (χ3n) is 3.65. The summed E-state index contributed by atoms with van der Waals surface area (Å²) in [6.07, 6.45) is 2.43. The molecule has 4 heteroatoms. The predicted octanol–water partition coefficient (Wildman–Crippen LogP) is 1.21. The summed E-state index contributed by atoms with van der Waals surface area (Å²) in [7, 11) is 0. The second kappa shape index (κ2) is 6.53. The van der Waals surface area contributed by atoms with Crippen LogP contribution in [0.15, 0.2) is 0 Å². The molecule has 0 saturated carbocycles. The molecule has 1 fully saturated rings. The van der Waals surface area contributed by atoms with Gasteiger partial charge in [-0.1, -0.05) is 6.92 Å². The number of carbonyl (C=O) groups is 1. The van der Waals surface area contributed by atoms with Gasteiger partial charge in [0.1, 0.15) is 0 Å². The predicted molar refractivity (Wildman–Crippen MR) is 75.3 cm³/mol. The Morgan fingerprint density at radius 1 is 1.39 bits per heavy atom. The lowest BCUT2D eigenvalue weighted by molar-refractivity contribution is -0.121. The second-order valence-electron chi connectivity index (χ2n) is 6.68. The minimum absolute atomic E-state index is 0.0331. The Kier molecular flexibility index (Phi) is 5.60. The van der Waals surface area contributed by atoms with E-state index < -0.39 is 0 Å². The zero-order chi connectivity index (χ0) is 13.8. The molecule has 0 radical (unpaired) electrons. The summed E-state index contributed by atoms with van der Waals surface area (Å²) in [6.45, 7) is 12.6. The summed E-state index contributed by atoms with van der Waals surface area (Å²) in [4.78, 5) is 13.4. The fourth-order valence-electron chi connectivity index (χ4n) is 2.30. The van der Waals surface area contributed by atoms with E-state index in [1.165, 1.54) is 12.8 Å². The maximum absolute atomic E-state index is 11.0. The van der Waals surface area contributed by atoms with Gasteiger partial charge in [-0.05, 0) is 59.2 Å². The first-order chi connectivity index (χ1) is 8.28. The summed E-state index contributed by atoms with van der Waals surface area (Å²) in [5.41, 5.74) is 5.51. The molecule has 1 heterocycles. The quantitative estimate of drug-likeness (QED) is 0.776. The fraction of sp³-hybridized carbons (Fsp3) is 0.929. The lowest BCUT2D eigenvalue weighted by atomic mass is 9.95. The van der Waals surface area contributed by atoms with Crippen molar-refractivity contribution in [2.45, 2.75) is 46.1 Å². The largest absolute Gasteiger partial charge is 0.369 e. The van der Waals surface area contributed by atoms with Crippen molar-refractivity contribution in [2.24, 2.45) is 17.6 Å². The Morgan fingerprint density at radius 2 is 1.94 bits per heavy atom. The SMILES string of the molecule is CC(CN1CCC(CNC(C)(C)C)CC1)C(N)=O. The van der Waals surface area contributed by atoms with Crippen LogP contribution in [-0.4, -0.2) is 42.5 Å². The summed E-state index contributed by atoms with van der Waals surface area (Å²) in [5, 5.41) is 3.57. The smallest absolute Gasteiger partial charge is 0.221 e. The highest BCUT2D eigenvalue weighted by Crippen LogP contribution is 2.18.